The molecule has 34 heavy (non-hydrogen) atoms. The van der Waals surface area contributed by atoms with E-state index in [1.54, 1.807) is 0 Å². The Labute approximate surface area is 199 Å². The van der Waals surface area contributed by atoms with Crippen LogP contribution in [0.25, 0.3) is 11.1 Å². The molecule has 0 unspecified atom stereocenters. The predicted molar refractivity (Wildman–Crippen MR) is 126 cm³/mol. The largest absolute Gasteiger partial charge is 0.543 e. The monoisotopic (exact) mass is 522 g/mol. The van der Waals surface area contributed by atoms with E-state index in [2.05, 4.69) is 4.18 Å². The average Bonchev–Trinajstić information content (AvgIpc) is 2.71. The topological polar surface area (TPSA) is 61.8 Å². The zero-order valence-corrected chi connectivity index (χ0v) is 22.0. The van der Waals surface area contributed by atoms with Crippen LogP contribution in [0, 0.1) is 5.82 Å². The minimum atomic E-state index is -6.02. The smallest absolute Gasteiger partial charge is 0.534 e. The molecule has 0 heterocycles. The van der Waals surface area contributed by atoms with E-state index in [1.165, 1.54) is 31.4 Å². The predicted octanol–water partition coefficient (Wildman–Crippen LogP) is 7.28. The lowest BCUT2D eigenvalue weighted by Gasteiger charge is -2.42. The van der Waals surface area contributed by atoms with Gasteiger partial charge in [0.25, 0.3) is 8.32 Å². The molecule has 0 bridgehead atoms. The normalized spacial score (nSPS) is 13.0. The number of hydrogen-bond acceptors (Lipinski definition) is 5. The molecule has 0 saturated carbocycles. The van der Waals surface area contributed by atoms with Gasteiger partial charge in [0.1, 0.15) is 17.3 Å². The highest BCUT2D eigenvalue weighted by atomic mass is 32.2. The van der Waals surface area contributed by atoms with E-state index in [1.807, 2.05) is 41.5 Å². The maximum absolute atomic E-state index is 14.6. The summed E-state index contributed by atoms with van der Waals surface area (Å²) in [5, 5.41) is 0. The van der Waals surface area contributed by atoms with Crippen molar-refractivity contribution in [3.8, 4) is 28.4 Å². The fraction of sp³-hybridized carbons (Fsp3) is 0.478. The standard InChI is InChI=1S/C23H30F4O5SSi/c1-14(2)34(15(3)4,16(5)6)32-18-8-10-19(20-12-17(30-7)9-11-21(20)24)22(13-18)31-33(28,29)23(25,26)27/h8-16H,1-7H3. The van der Waals surface area contributed by atoms with Crippen molar-refractivity contribution >= 4 is 18.4 Å². The van der Waals surface area contributed by atoms with E-state index in [0.717, 1.165) is 12.1 Å². The fourth-order valence-electron chi connectivity index (χ4n) is 4.42. The van der Waals surface area contributed by atoms with E-state index in [0.29, 0.717) is 0 Å². The Hall–Kier alpha value is -2.27. The van der Waals surface area contributed by atoms with Crippen molar-refractivity contribution in [3.05, 3.63) is 42.2 Å². The van der Waals surface area contributed by atoms with E-state index in [-0.39, 0.29) is 39.2 Å². The SMILES string of the molecule is COc1ccc(F)c(-c2ccc(O[Si](C(C)C)(C(C)C)C(C)C)cc2OS(=O)(=O)C(F)(F)F)c1. The number of halogens is 4. The summed E-state index contributed by atoms with van der Waals surface area (Å²) < 4.78 is 93.6. The van der Waals surface area contributed by atoms with Crippen LogP contribution >= 0.6 is 0 Å². The number of hydrogen-bond donors (Lipinski definition) is 0. The summed E-state index contributed by atoms with van der Waals surface area (Å²) in [5.74, 6) is -1.10. The number of ether oxygens (including phenoxy) is 1. The second-order valence-electron chi connectivity index (χ2n) is 8.91. The highest BCUT2D eigenvalue weighted by Crippen LogP contribution is 2.45. The highest BCUT2D eigenvalue weighted by molar-refractivity contribution is 7.88. The number of rotatable bonds is 9. The molecule has 190 valence electrons. The molecule has 0 aliphatic rings. The van der Waals surface area contributed by atoms with E-state index in [9.17, 15) is 26.0 Å². The minimum Gasteiger partial charge on any atom is -0.543 e. The summed E-state index contributed by atoms with van der Waals surface area (Å²) >= 11 is 0. The van der Waals surface area contributed by atoms with Crippen molar-refractivity contribution in [2.24, 2.45) is 0 Å². The number of alkyl halides is 3. The van der Waals surface area contributed by atoms with Crippen molar-refractivity contribution < 1.29 is 39.3 Å². The van der Waals surface area contributed by atoms with Crippen LogP contribution in [0.3, 0.4) is 0 Å². The summed E-state index contributed by atoms with van der Waals surface area (Å²) in [7, 11) is -7.21. The molecule has 11 heteroatoms. The van der Waals surface area contributed by atoms with Gasteiger partial charge in [-0.25, -0.2) is 4.39 Å². The van der Waals surface area contributed by atoms with Gasteiger partial charge >= 0.3 is 15.6 Å². The Bertz CT molecular complexity index is 1090. The van der Waals surface area contributed by atoms with Gasteiger partial charge in [0.05, 0.1) is 7.11 Å². The Morgan fingerprint density at radius 3 is 1.82 bits per heavy atom. The van der Waals surface area contributed by atoms with Gasteiger partial charge in [-0.15, -0.1) is 0 Å². The second kappa shape index (κ2) is 10.1. The molecule has 0 aromatic heterocycles. The summed E-state index contributed by atoms with van der Waals surface area (Å²) in [4.78, 5) is 0. The molecule has 0 spiro atoms. The van der Waals surface area contributed by atoms with Gasteiger partial charge in [0, 0.05) is 17.2 Å². The molecule has 5 nitrogen and oxygen atoms in total. The lowest BCUT2D eigenvalue weighted by molar-refractivity contribution is -0.0499. The highest BCUT2D eigenvalue weighted by Gasteiger charge is 2.49. The molecule has 0 aliphatic carbocycles. The van der Waals surface area contributed by atoms with Crippen LogP contribution in [0.4, 0.5) is 17.6 Å². The third kappa shape index (κ3) is 5.51. The first-order valence-electron chi connectivity index (χ1n) is 10.7. The molecular formula is C23H30F4O5SSi. The summed E-state index contributed by atoms with van der Waals surface area (Å²) in [6, 6.07) is 7.48. The first kappa shape index (κ1) is 28.0. The number of methoxy groups -OCH3 is 1. The van der Waals surface area contributed by atoms with Gasteiger partial charge in [-0.3, -0.25) is 0 Å². The van der Waals surface area contributed by atoms with Crippen molar-refractivity contribution in [2.45, 2.75) is 63.7 Å². The van der Waals surface area contributed by atoms with Crippen molar-refractivity contribution in [1.82, 2.24) is 0 Å². The lowest BCUT2D eigenvalue weighted by Crippen LogP contribution is -2.50. The second-order valence-corrected chi connectivity index (χ2v) is 15.8. The Balaban J connectivity index is 2.73. The van der Waals surface area contributed by atoms with Gasteiger partial charge in [-0.1, -0.05) is 41.5 Å². The average molecular weight is 523 g/mol. The Morgan fingerprint density at radius 2 is 1.35 bits per heavy atom. The van der Waals surface area contributed by atoms with Crippen LogP contribution in [0.15, 0.2) is 36.4 Å². The Kier molecular flexibility index (Phi) is 8.35. The van der Waals surface area contributed by atoms with Crippen LogP contribution in [0.2, 0.25) is 16.6 Å². The molecule has 2 aromatic carbocycles. The molecule has 0 atom stereocenters. The van der Waals surface area contributed by atoms with E-state index < -0.39 is 35.5 Å². The van der Waals surface area contributed by atoms with Gasteiger partial charge in [0.15, 0.2) is 5.75 Å². The van der Waals surface area contributed by atoms with Crippen molar-refractivity contribution in [2.75, 3.05) is 7.11 Å². The van der Waals surface area contributed by atoms with E-state index in [4.69, 9.17) is 9.16 Å². The van der Waals surface area contributed by atoms with E-state index >= 15 is 0 Å². The molecule has 0 amide bonds. The maximum atomic E-state index is 14.6. The molecule has 0 aliphatic heterocycles. The minimum absolute atomic E-state index is 0.145. The molecule has 2 aromatic rings. The fourth-order valence-corrected chi connectivity index (χ4v) is 10.1. The quantitative estimate of drug-likeness (QED) is 0.150. The lowest BCUT2D eigenvalue weighted by atomic mass is 10.0. The van der Waals surface area contributed by atoms with Crippen LogP contribution in [0.5, 0.6) is 17.2 Å². The molecule has 2 rings (SSSR count). The third-order valence-corrected chi connectivity index (χ3v) is 12.9. The van der Waals surface area contributed by atoms with Crippen molar-refractivity contribution in [1.29, 1.82) is 0 Å². The van der Waals surface area contributed by atoms with Gasteiger partial charge < -0.3 is 13.3 Å². The summed E-state index contributed by atoms with van der Waals surface area (Å²) in [6.45, 7) is 12.2. The third-order valence-electron chi connectivity index (χ3n) is 5.90. The molecule has 0 radical (unpaired) electrons. The zero-order valence-electron chi connectivity index (χ0n) is 20.2. The first-order chi connectivity index (χ1) is 15.6. The van der Waals surface area contributed by atoms with Crippen LogP contribution in [-0.4, -0.2) is 29.4 Å². The maximum Gasteiger partial charge on any atom is 0.534 e. The summed E-state index contributed by atoms with van der Waals surface area (Å²) in [5.41, 5.74) is -5.61. The Morgan fingerprint density at radius 1 is 0.824 bits per heavy atom. The molecule has 0 fully saturated rings. The molecular weight excluding hydrogens is 492 g/mol. The zero-order chi connectivity index (χ0) is 26.1. The van der Waals surface area contributed by atoms with Crippen molar-refractivity contribution in [3.63, 3.8) is 0 Å². The van der Waals surface area contributed by atoms with Gasteiger partial charge in [-0.2, -0.15) is 21.6 Å². The van der Waals surface area contributed by atoms with Crippen LogP contribution in [0.1, 0.15) is 41.5 Å². The molecule has 0 saturated heterocycles. The first-order valence-corrected chi connectivity index (χ1v) is 14.3. The summed E-state index contributed by atoms with van der Waals surface area (Å²) in [6.07, 6.45) is 0. The number of benzene rings is 2. The van der Waals surface area contributed by atoms with Gasteiger partial charge in [-0.05, 0) is 47.0 Å². The van der Waals surface area contributed by atoms with Gasteiger partial charge in [0.2, 0.25) is 0 Å². The van der Waals surface area contributed by atoms with Crippen LogP contribution < -0.4 is 13.3 Å². The van der Waals surface area contributed by atoms with Crippen LogP contribution in [-0.2, 0) is 10.1 Å². The molecule has 0 N–H and O–H groups in total.